The van der Waals surface area contributed by atoms with Crippen molar-refractivity contribution in [2.45, 2.75) is 127 Å². The minimum atomic E-state index is -0.0257. The van der Waals surface area contributed by atoms with Gasteiger partial charge >= 0.3 is 208 Å². The summed E-state index contributed by atoms with van der Waals surface area (Å²) in [6.45, 7) is 25.4. The first kappa shape index (κ1) is 44.0. The predicted octanol–water partition coefficient (Wildman–Crippen LogP) is 12.4. The summed E-state index contributed by atoms with van der Waals surface area (Å²) < 4.78 is 2.75. The number of ketones is 1. The van der Waals surface area contributed by atoms with Gasteiger partial charge in [0.1, 0.15) is 0 Å². The number of rotatable bonds is 9. The van der Waals surface area contributed by atoms with Gasteiger partial charge in [0.2, 0.25) is 0 Å². The monoisotopic (exact) mass is 973 g/mol. The zero-order valence-electron chi connectivity index (χ0n) is 34.6. The standard InChI is InChI=1S/C30H30N3Se.C17H32O2.Ir/c1-18-10-11-21-14-22(15-24(26(21)33-18)30(2,3)4)27-29-28(32-17-31-27)23-13-12-20(16-25(23)34-29)19-8-6-5-7-9-19;1-10(2)16(11(3)4)14(18)9-15(19)17(12(5)6)13(7)8;/h10-13,15-17,19H,5-9H2,1-4H3;9-13,16-18H,1-8H3;/q-1;;/b;14-9-;. The number of hydrogen-bond acceptors (Lipinski definition) is 5. The molecule has 0 amide bonds. The number of allylic oxidation sites excluding steroid dienone is 2. The molecule has 54 heavy (non-hydrogen) atoms. The third kappa shape index (κ3) is 9.99. The van der Waals surface area contributed by atoms with Crippen LogP contribution in [-0.2, 0) is 30.3 Å². The van der Waals surface area contributed by atoms with Gasteiger partial charge in [-0.1, -0.05) is 55.4 Å². The summed E-state index contributed by atoms with van der Waals surface area (Å²) in [6, 6.07) is 17.3. The molecule has 7 heteroatoms. The molecule has 0 unspecified atom stereocenters. The van der Waals surface area contributed by atoms with Gasteiger partial charge in [-0.3, -0.25) is 4.79 Å². The number of aromatic nitrogens is 3. The number of hydrogen-bond donors (Lipinski definition) is 1. The maximum atomic E-state index is 12.3. The van der Waals surface area contributed by atoms with Gasteiger partial charge in [0.15, 0.2) is 5.78 Å². The second-order valence-corrected chi connectivity index (χ2v) is 20.0. The minimum absolute atomic E-state index is 0. The van der Waals surface area contributed by atoms with Crippen LogP contribution in [0.1, 0.15) is 131 Å². The molecule has 1 radical (unpaired) electrons. The van der Waals surface area contributed by atoms with E-state index in [9.17, 15) is 9.90 Å². The molecule has 1 N–H and O–H groups in total. The van der Waals surface area contributed by atoms with Crippen molar-refractivity contribution in [3.05, 3.63) is 77.4 Å². The van der Waals surface area contributed by atoms with E-state index in [-0.39, 0.29) is 63.4 Å². The topological polar surface area (TPSA) is 76.0 Å². The number of carbonyl (C=O) groups is 1. The first-order chi connectivity index (χ1) is 25.0. The van der Waals surface area contributed by atoms with Crippen LogP contribution in [0.15, 0.2) is 54.6 Å². The van der Waals surface area contributed by atoms with Gasteiger partial charge in [0, 0.05) is 38.0 Å². The number of pyridine rings is 1. The summed E-state index contributed by atoms with van der Waals surface area (Å²) in [5.41, 5.74) is 8.04. The molecule has 1 aliphatic carbocycles. The number of aliphatic hydroxyl groups excluding tert-OH is 1. The van der Waals surface area contributed by atoms with Crippen molar-refractivity contribution in [2.24, 2.45) is 35.5 Å². The average Bonchev–Trinajstić information content (AvgIpc) is 3.45. The molecule has 0 spiro atoms. The molecule has 1 fully saturated rings. The van der Waals surface area contributed by atoms with Gasteiger partial charge < -0.3 is 5.11 Å². The molecular formula is C47H62IrN3O2Se-. The molecule has 2 aromatic carbocycles. The van der Waals surface area contributed by atoms with Crippen molar-refractivity contribution in [2.75, 3.05) is 0 Å². The number of benzene rings is 2. The van der Waals surface area contributed by atoms with E-state index in [0.717, 1.165) is 39.3 Å². The maximum absolute atomic E-state index is 12.3. The Kier molecular flexibility index (Phi) is 15.1. The summed E-state index contributed by atoms with van der Waals surface area (Å²) in [6.07, 6.45) is 10.0. The Morgan fingerprint density at radius 2 is 1.48 bits per heavy atom. The van der Waals surface area contributed by atoms with Crippen molar-refractivity contribution in [3.8, 4) is 11.3 Å². The third-order valence-corrected chi connectivity index (χ3v) is 13.5. The molecule has 3 aromatic heterocycles. The Hall–Kier alpha value is -2.69. The molecule has 3 heterocycles. The van der Waals surface area contributed by atoms with Gasteiger partial charge in [-0.15, -0.1) is 0 Å². The Bertz CT molecular complexity index is 2070. The van der Waals surface area contributed by atoms with Crippen LogP contribution in [-0.4, -0.2) is 40.3 Å². The molecular weight excluding hydrogens is 910 g/mol. The van der Waals surface area contributed by atoms with Crippen molar-refractivity contribution in [1.29, 1.82) is 0 Å². The Balaban J connectivity index is 0.000000281. The van der Waals surface area contributed by atoms with Crippen LogP contribution in [0.4, 0.5) is 0 Å². The Morgan fingerprint density at radius 3 is 2.07 bits per heavy atom. The predicted molar refractivity (Wildman–Crippen MR) is 225 cm³/mol. The SMILES string of the molecule is CC(C)C(C(=O)/C=C(\O)C(C(C)C)C(C)C)C(C)C.Cc1ccc2[c-]c(-c3ncnc4c3[se]c3cc(C5CCCCC5)ccc34)cc(C(C)(C)C)c2n1.[Ir]. The largest absolute Gasteiger partial charge is 0 e. The number of carbonyl (C=O) groups excluding carboxylic acids is 1. The van der Waals surface area contributed by atoms with E-state index >= 15 is 0 Å². The van der Waals surface area contributed by atoms with Crippen LogP contribution in [0.5, 0.6) is 0 Å². The van der Waals surface area contributed by atoms with Gasteiger partial charge in [-0.25, -0.2) is 0 Å². The van der Waals surface area contributed by atoms with Gasteiger partial charge in [0.25, 0.3) is 0 Å². The number of fused-ring (bicyclic) bond motifs is 4. The number of aliphatic hydroxyl groups is 1. The minimum Gasteiger partial charge on any atom is 0 e. The summed E-state index contributed by atoms with van der Waals surface area (Å²) in [4.78, 5) is 26.8. The normalized spacial score (nSPS) is 14.6. The molecule has 5 aromatic rings. The van der Waals surface area contributed by atoms with Crippen molar-refractivity contribution in [3.63, 3.8) is 0 Å². The van der Waals surface area contributed by atoms with Crippen molar-refractivity contribution < 1.29 is 30.0 Å². The van der Waals surface area contributed by atoms with Crippen molar-refractivity contribution in [1.82, 2.24) is 15.0 Å². The summed E-state index contributed by atoms with van der Waals surface area (Å²) in [5, 5.41) is 12.6. The van der Waals surface area contributed by atoms with E-state index in [1.165, 1.54) is 63.2 Å². The molecule has 1 aliphatic rings. The zero-order valence-corrected chi connectivity index (χ0v) is 38.7. The molecule has 5 nitrogen and oxygen atoms in total. The van der Waals surface area contributed by atoms with Crippen LogP contribution in [0.3, 0.4) is 0 Å². The molecule has 1 saturated carbocycles. The summed E-state index contributed by atoms with van der Waals surface area (Å²) in [5.74, 6) is 2.35. The van der Waals surface area contributed by atoms with Crippen LogP contribution < -0.4 is 0 Å². The van der Waals surface area contributed by atoms with E-state index < -0.39 is 0 Å². The average molecular weight is 972 g/mol. The van der Waals surface area contributed by atoms with Gasteiger partial charge in [-0.05, 0) is 23.7 Å². The van der Waals surface area contributed by atoms with Crippen LogP contribution in [0, 0.1) is 48.5 Å². The Labute approximate surface area is 344 Å². The fraction of sp³-hybridized carbons (Fsp3) is 0.532. The van der Waals surface area contributed by atoms with E-state index in [1.807, 2.05) is 0 Å². The maximum Gasteiger partial charge on any atom is 0 e. The molecule has 6 rings (SSSR count). The van der Waals surface area contributed by atoms with E-state index in [1.54, 1.807) is 6.33 Å². The van der Waals surface area contributed by atoms with E-state index in [2.05, 4.69) is 126 Å². The fourth-order valence-corrected chi connectivity index (χ4v) is 11.2. The molecule has 0 saturated heterocycles. The number of aryl methyl sites for hydroxylation is 1. The Morgan fingerprint density at radius 1 is 0.852 bits per heavy atom. The smallest absolute Gasteiger partial charge is 0 e. The van der Waals surface area contributed by atoms with E-state index in [4.69, 9.17) is 15.0 Å². The van der Waals surface area contributed by atoms with Crippen molar-refractivity contribution >= 4 is 50.6 Å². The van der Waals surface area contributed by atoms with Crippen LogP contribution >= 0.6 is 0 Å². The van der Waals surface area contributed by atoms with Crippen LogP contribution in [0.25, 0.3) is 41.6 Å². The molecule has 0 atom stereocenters. The van der Waals surface area contributed by atoms with Crippen LogP contribution in [0.2, 0.25) is 0 Å². The number of nitrogens with zero attached hydrogens (tertiary/aromatic N) is 3. The van der Waals surface area contributed by atoms with Gasteiger partial charge in [0.05, 0.1) is 5.76 Å². The molecule has 0 bridgehead atoms. The quantitative estimate of drug-likeness (QED) is 0.0689. The molecule has 0 aliphatic heterocycles. The summed E-state index contributed by atoms with van der Waals surface area (Å²) >= 11 is 0.197. The fourth-order valence-electron chi connectivity index (χ4n) is 8.65. The first-order valence-electron chi connectivity index (χ1n) is 19.9. The first-order valence-corrected chi connectivity index (χ1v) is 21.6. The van der Waals surface area contributed by atoms with E-state index in [0.29, 0.717) is 23.7 Å². The zero-order chi connectivity index (χ0) is 38.8. The molecule has 293 valence electrons. The second kappa shape index (κ2) is 18.5. The third-order valence-electron chi connectivity index (χ3n) is 11.1. The van der Waals surface area contributed by atoms with Gasteiger partial charge in [-0.2, -0.15) is 0 Å². The summed E-state index contributed by atoms with van der Waals surface area (Å²) in [7, 11) is 0. The second-order valence-electron chi connectivity index (χ2n) is 17.8.